The van der Waals surface area contributed by atoms with Crippen molar-refractivity contribution in [2.24, 2.45) is 0 Å². The van der Waals surface area contributed by atoms with Gasteiger partial charge in [-0.05, 0) is 46.8 Å². The third-order valence-corrected chi connectivity index (χ3v) is 2.50. The first kappa shape index (κ1) is 17.2. The Kier molecular flexibility index (Phi) is 5.15. The Bertz CT molecular complexity index is 491. The molecule has 0 bridgehead atoms. The number of hydrogen-bond donors (Lipinski definition) is 2. The topological polar surface area (TPSA) is 50.4 Å². The Morgan fingerprint density at radius 2 is 1.67 bits per heavy atom. The summed E-state index contributed by atoms with van der Waals surface area (Å²) < 4.78 is 32.2. The molecule has 1 amide bonds. The van der Waals surface area contributed by atoms with Crippen LogP contribution in [-0.4, -0.2) is 23.8 Å². The standard InChI is InChI=1S/C15H22F2N2O2/c1-14(2,3)19-13(20)21-15(4,5)9-18-12-10(16)7-6-8-11(12)17/h6-8,18H,9H2,1-5H3,(H,19,20). The van der Waals surface area contributed by atoms with Gasteiger partial charge in [-0.15, -0.1) is 0 Å². The van der Waals surface area contributed by atoms with Gasteiger partial charge in [-0.3, -0.25) is 0 Å². The first-order chi connectivity index (χ1) is 9.50. The third kappa shape index (κ3) is 5.97. The molecule has 0 heterocycles. The second-order valence-corrected chi connectivity index (χ2v) is 6.47. The molecular weight excluding hydrogens is 278 g/mol. The molecule has 1 aromatic rings. The highest BCUT2D eigenvalue weighted by Crippen LogP contribution is 2.20. The zero-order valence-corrected chi connectivity index (χ0v) is 13.0. The number of amides is 1. The van der Waals surface area contributed by atoms with Gasteiger partial charge < -0.3 is 15.4 Å². The minimum Gasteiger partial charge on any atom is -0.442 e. The number of rotatable bonds is 4. The Labute approximate surface area is 123 Å². The highest BCUT2D eigenvalue weighted by Gasteiger charge is 2.26. The number of benzene rings is 1. The number of carbonyl (C=O) groups is 1. The van der Waals surface area contributed by atoms with E-state index in [0.29, 0.717) is 0 Å². The van der Waals surface area contributed by atoms with Crippen LogP contribution in [0.5, 0.6) is 0 Å². The second-order valence-electron chi connectivity index (χ2n) is 6.47. The van der Waals surface area contributed by atoms with Crippen molar-refractivity contribution in [3.63, 3.8) is 0 Å². The van der Waals surface area contributed by atoms with E-state index in [1.54, 1.807) is 13.8 Å². The molecule has 0 atom stereocenters. The molecule has 0 saturated heterocycles. The van der Waals surface area contributed by atoms with E-state index in [1.165, 1.54) is 6.07 Å². The minimum absolute atomic E-state index is 0.0718. The minimum atomic E-state index is -0.927. The van der Waals surface area contributed by atoms with Crippen LogP contribution in [0.2, 0.25) is 0 Å². The summed E-state index contributed by atoms with van der Waals surface area (Å²) >= 11 is 0. The van der Waals surface area contributed by atoms with Gasteiger partial charge in [0.15, 0.2) is 0 Å². The summed E-state index contributed by atoms with van der Waals surface area (Å²) in [5, 5.41) is 5.29. The number of alkyl carbamates (subject to hydrolysis) is 1. The summed E-state index contributed by atoms with van der Waals surface area (Å²) in [6, 6.07) is 3.60. The van der Waals surface area contributed by atoms with Crippen LogP contribution in [0.25, 0.3) is 0 Å². The fourth-order valence-electron chi connectivity index (χ4n) is 1.59. The molecule has 118 valence electrons. The summed E-state index contributed by atoms with van der Waals surface area (Å²) in [4.78, 5) is 11.7. The van der Waals surface area contributed by atoms with Crippen LogP contribution in [0.3, 0.4) is 0 Å². The van der Waals surface area contributed by atoms with Gasteiger partial charge in [0.05, 0.1) is 6.54 Å². The largest absolute Gasteiger partial charge is 0.442 e. The lowest BCUT2D eigenvalue weighted by Crippen LogP contribution is -2.46. The van der Waals surface area contributed by atoms with Gasteiger partial charge in [0.1, 0.15) is 22.9 Å². The van der Waals surface area contributed by atoms with Crippen molar-refractivity contribution in [3.8, 4) is 0 Å². The summed E-state index contributed by atoms with van der Waals surface area (Å²) in [5.41, 5.74) is -1.58. The van der Waals surface area contributed by atoms with Gasteiger partial charge in [0, 0.05) is 5.54 Å². The molecule has 21 heavy (non-hydrogen) atoms. The maximum absolute atomic E-state index is 13.5. The van der Waals surface area contributed by atoms with E-state index in [2.05, 4.69) is 10.6 Å². The van der Waals surface area contributed by atoms with Gasteiger partial charge in [-0.25, -0.2) is 13.6 Å². The molecular formula is C15H22F2N2O2. The predicted octanol–water partition coefficient (Wildman–Crippen LogP) is 3.68. The fraction of sp³-hybridized carbons (Fsp3) is 0.533. The molecule has 0 aliphatic rings. The predicted molar refractivity (Wildman–Crippen MR) is 78.3 cm³/mol. The van der Waals surface area contributed by atoms with Gasteiger partial charge in [-0.1, -0.05) is 6.07 Å². The Balaban J connectivity index is 2.63. The SMILES string of the molecule is CC(C)(C)NC(=O)OC(C)(C)CNc1c(F)cccc1F. The van der Waals surface area contributed by atoms with Crippen LogP contribution in [0.4, 0.5) is 19.3 Å². The molecule has 1 rings (SSSR count). The number of ether oxygens (including phenoxy) is 1. The van der Waals surface area contributed by atoms with Crippen molar-refractivity contribution in [1.29, 1.82) is 0 Å². The van der Waals surface area contributed by atoms with E-state index in [9.17, 15) is 13.6 Å². The van der Waals surface area contributed by atoms with Gasteiger partial charge in [-0.2, -0.15) is 0 Å². The number of halogens is 2. The molecule has 0 aliphatic carbocycles. The van der Waals surface area contributed by atoms with Gasteiger partial charge in [0.2, 0.25) is 0 Å². The lowest BCUT2D eigenvalue weighted by Gasteiger charge is -2.28. The summed E-state index contributed by atoms with van der Waals surface area (Å²) in [5.74, 6) is -1.38. The molecule has 4 nitrogen and oxygen atoms in total. The van der Waals surface area contributed by atoms with Crippen LogP contribution >= 0.6 is 0 Å². The highest BCUT2D eigenvalue weighted by atomic mass is 19.1. The Hall–Kier alpha value is -1.85. The smallest absolute Gasteiger partial charge is 0.408 e. The Morgan fingerprint density at radius 1 is 1.14 bits per heavy atom. The van der Waals surface area contributed by atoms with Crippen molar-refractivity contribution in [1.82, 2.24) is 5.32 Å². The van der Waals surface area contributed by atoms with E-state index >= 15 is 0 Å². The second kappa shape index (κ2) is 6.28. The molecule has 0 aromatic heterocycles. The summed E-state index contributed by atoms with van der Waals surface area (Å²) in [6.45, 7) is 8.86. The van der Waals surface area contributed by atoms with Crippen molar-refractivity contribution in [3.05, 3.63) is 29.8 Å². The molecule has 2 N–H and O–H groups in total. The van der Waals surface area contributed by atoms with E-state index in [0.717, 1.165) is 12.1 Å². The normalized spacial score (nSPS) is 12.0. The average molecular weight is 300 g/mol. The number of hydrogen-bond acceptors (Lipinski definition) is 3. The lowest BCUT2D eigenvalue weighted by molar-refractivity contribution is 0.0438. The maximum atomic E-state index is 13.5. The average Bonchev–Trinajstić information content (AvgIpc) is 2.24. The van der Waals surface area contributed by atoms with Crippen molar-refractivity contribution < 1.29 is 18.3 Å². The summed E-state index contributed by atoms with van der Waals surface area (Å²) in [6.07, 6.45) is -0.580. The van der Waals surface area contributed by atoms with E-state index < -0.39 is 28.9 Å². The molecule has 0 saturated carbocycles. The maximum Gasteiger partial charge on any atom is 0.408 e. The number of carbonyl (C=O) groups excluding carboxylic acids is 1. The molecule has 0 fully saturated rings. The molecule has 1 aromatic carbocycles. The van der Waals surface area contributed by atoms with Crippen molar-refractivity contribution in [2.45, 2.75) is 45.8 Å². The molecule has 0 spiro atoms. The van der Waals surface area contributed by atoms with E-state index in [4.69, 9.17) is 4.74 Å². The van der Waals surface area contributed by atoms with Crippen LogP contribution in [0.15, 0.2) is 18.2 Å². The van der Waals surface area contributed by atoms with Crippen LogP contribution in [0, 0.1) is 11.6 Å². The number of anilines is 1. The van der Waals surface area contributed by atoms with E-state index in [1.807, 2.05) is 20.8 Å². The van der Waals surface area contributed by atoms with Gasteiger partial charge in [0.25, 0.3) is 0 Å². The lowest BCUT2D eigenvalue weighted by atomic mass is 10.1. The highest BCUT2D eigenvalue weighted by molar-refractivity contribution is 5.68. The zero-order valence-electron chi connectivity index (χ0n) is 13.0. The first-order valence-electron chi connectivity index (χ1n) is 6.69. The fourth-order valence-corrected chi connectivity index (χ4v) is 1.59. The molecule has 0 aliphatic heterocycles. The monoisotopic (exact) mass is 300 g/mol. The quantitative estimate of drug-likeness (QED) is 0.892. The molecule has 0 radical (unpaired) electrons. The van der Waals surface area contributed by atoms with Crippen LogP contribution in [0.1, 0.15) is 34.6 Å². The number of nitrogens with one attached hydrogen (secondary N) is 2. The van der Waals surface area contributed by atoms with Crippen molar-refractivity contribution in [2.75, 3.05) is 11.9 Å². The Morgan fingerprint density at radius 3 is 2.14 bits per heavy atom. The van der Waals surface area contributed by atoms with Crippen molar-refractivity contribution >= 4 is 11.8 Å². The molecule has 6 heteroatoms. The number of para-hydroxylation sites is 1. The van der Waals surface area contributed by atoms with Gasteiger partial charge >= 0.3 is 6.09 Å². The van der Waals surface area contributed by atoms with E-state index in [-0.39, 0.29) is 12.2 Å². The molecule has 0 unspecified atom stereocenters. The zero-order chi connectivity index (χ0) is 16.3. The first-order valence-corrected chi connectivity index (χ1v) is 6.69. The van der Waals surface area contributed by atoms with Crippen LogP contribution in [-0.2, 0) is 4.74 Å². The third-order valence-electron chi connectivity index (χ3n) is 2.50. The van der Waals surface area contributed by atoms with Crippen LogP contribution < -0.4 is 10.6 Å². The summed E-state index contributed by atoms with van der Waals surface area (Å²) in [7, 11) is 0.